The van der Waals surface area contributed by atoms with E-state index in [2.05, 4.69) is 0 Å². The second-order valence-electron chi connectivity index (χ2n) is 4.55. The first-order valence-electron chi connectivity index (χ1n) is 6.11. The number of carbonyl (C=O) groups excluding carboxylic acids is 1. The van der Waals surface area contributed by atoms with Crippen molar-refractivity contribution in [2.45, 2.75) is 20.6 Å². The van der Waals surface area contributed by atoms with E-state index in [1.54, 1.807) is 19.1 Å². The van der Waals surface area contributed by atoms with Gasteiger partial charge in [0.2, 0.25) is 0 Å². The average molecular weight is 273 g/mol. The first-order chi connectivity index (χ1) is 9.47. The number of hydrogen-bond donors (Lipinski definition) is 1. The molecule has 0 bridgehead atoms. The van der Waals surface area contributed by atoms with Gasteiger partial charge in [-0.3, -0.25) is 9.36 Å². The molecule has 1 aromatic carbocycles. The number of benzene rings is 1. The van der Waals surface area contributed by atoms with Crippen molar-refractivity contribution in [3.05, 3.63) is 63.6 Å². The lowest BCUT2D eigenvalue weighted by molar-refractivity contribution is 0.0362. The topological polar surface area (TPSA) is 68.5 Å². The third-order valence-corrected chi connectivity index (χ3v) is 2.93. The maximum Gasteiger partial charge on any atom is 0.339 e. The van der Waals surface area contributed by atoms with Gasteiger partial charge < -0.3 is 9.84 Å². The first kappa shape index (κ1) is 13.9. The van der Waals surface area contributed by atoms with Gasteiger partial charge in [0.25, 0.3) is 5.56 Å². The second kappa shape index (κ2) is 5.61. The molecule has 2 aromatic rings. The molecule has 1 N–H and O–H groups in total. The molecule has 0 radical (unpaired) electrons. The van der Waals surface area contributed by atoms with Gasteiger partial charge in [-0.15, -0.1) is 0 Å². The van der Waals surface area contributed by atoms with Gasteiger partial charge in [-0.05, 0) is 32.0 Å². The minimum absolute atomic E-state index is 0.103. The fourth-order valence-corrected chi connectivity index (χ4v) is 1.77. The molecule has 1 heterocycles. The van der Waals surface area contributed by atoms with Crippen LogP contribution in [0.25, 0.3) is 0 Å². The van der Waals surface area contributed by atoms with Gasteiger partial charge in [-0.2, -0.15) is 0 Å². The molecule has 0 amide bonds. The zero-order valence-electron chi connectivity index (χ0n) is 11.3. The van der Waals surface area contributed by atoms with Crippen molar-refractivity contribution >= 4 is 5.97 Å². The zero-order chi connectivity index (χ0) is 14.7. The van der Waals surface area contributed by atoms with E-state index in [1.165, 1.54) is 10.6 Å². The van der Waals surface area contributed by atoms with Crippen molar-refractivity contribution in [1.29, 1.82) is 0 Å². The Morgan fingerprint density at radius 3 is 2.45 bits per heavy atom. The van der Waals surface area contributed by atoms with Crippen LogP contribution < -0.4 is 5.56 Å². The van der Waals surface area contributed by atoms with E-state index in [1.807, 2.05) is 19.1 Å². The summed E-state index contributed by atoms with van der Waals surface area (Å²) in [5, 5.41) is 9.28. The Morgan fingerprint density at radius 1 is 1.20 bits per heavy atom. The van der Waals surface area contributed by atoms with Crippen LogP contribution in [-0.2, 0) is 11.5 Å². The molecule has 0 aliphatic rings. The number of aromatic hydroxyl groups is 1. The number of rotatable bonds is 3. The highest BCUT2D eigenvalue weighted by molar-refractivity contribution is 5.89. The van der Waals surface area contributed by atoms with E-state index in [9.17, 15) is 14.7 Å². The van der Waals surface area contributed by atoms with Gasteiger partial charge in [0, 0.05) is 11.8 Å². The van der Waals surface area contributed by atoms with Crippen LogP contribution in [0.3, 0.4) is 0 Å². The number of ether oxygens (including phenoxy) is 1. The lowest BCUT2D eigenvalue weighted by atomic mass is 10.1. The second-order valence-corrected chi connectivity index (χ2v) is 4.55. The minimum Gasteiger partial charge on any atom is -0.508 e. The Morgan fingerprint density at radius 2 is 1.85 bits per heavy atom. The highest BCUT2D eigenvalue weighted by Crippen LogP contribution is 2.08. The molecule has 0 saturated carbocycles. The molecule has 1 aromatic heterocycles. The van der Waals surface area contributed by atoms with Gasteiger partial charge in [-0.1, -0.05) is 17.7 Å². The van der Waals surface area contributed by atoms with Gasteiger partial charge >= 0.3 is 5.97 Å². The standard InChI is InChI=1S/C15H15NO4/c1-10-3-5-12(6-4-10)15(19)20-9-16-11(2)7-13(17)8-14(16)18/h3-8,17H,9H2,1-2H3. The van der Waals surface area contributed by atoms with Crippen LogP contribution in [0, 0.1) is 13.8 Å². The molecule has 0 spiro atoms. The summed E-state index contributed by atoms with van der Waals surface area (Å²) in [6, 6.07) is 9.48. The van der Waals surface area contributed by atoms with Crippen LogP contribution in [-0.4, -0.2) is 15.6 Å². The largest absolute Gasteiger partial charge is 0.508 e. The monoisotopic (exact) mass is 273 g/mol. The SMILES string of the molecule is Cc1ccc(C(=O)OCn2c(C)cc(O)cc2=O)cc1. The summed E-state index contributed by atoms with van der Waals surface area (Å²) < 4.78 is 6.37. The number of nitrogens with zero attached hydrogens (tertiary/aromatic N) is 1. The molecule has 104 valence electrons. The number of aryl methyl sites for hydroxylation is 2. The number of hydrogen-bond acceptors (Lipinski definition) is 4. The molecule has 0 saturated heterocycles. The third-order valence-electron chi connectivity index (χ3n) is 2.93. The molecule has 20 heavy (non-hydrogen) atoms. The van der Waals surface area contributed by atoms with Crippen LogP contribution in [0.15, 0.2) is 41.2 Å². The van der Waals surface area contributed by atoms with E-state index in [0.29, 0.717) is 11.3 Å². The molecular formula is C15H15NO4. The number of esters is 1. The molecule has 5 nitrogen and oxygen atoms in total. The highest BCUT2D eigenvalue weighted by Gasteiger charge is 2.09. The molecular weight excluding hydrogens is 258 g/mol. The lowest BCUT2D eigenvalue weighted by Crippen LogP contribution is -2.24. The fourth-order valence-electron chi connectivity index (χ4n) is 1.77. The Kier molecular flexibility index (Phi) is 3.89. The van der Waals surface area contributed by atoms with Gasteiger partial charge in [0.05, 0.1) is 5.56 Å². The van der Waals surface area contributed by atoms with E-state index >= 15 is 0 Å². The Labute approximate surface area is 116 Å². The summed E-state index contributed by atoms with van der Waals surface area (Å²) in [6.07, 6.45) is 0. The molecule has 0 atom stereocenters. The quantitative estimate of drug-likeness (QED) is 0.868. The molecule has 0 fully saturated rings. The van der Waals surface area contributed by atoms with E-state index in [0.717, 1.165) is 11.6 Å². The minimum atomic E-state index is -0.496. The fraction of sp³-hybridized carbons (Fsp3) is 0.200. The van der Waals surface area contributed by atoms with Gasteiger partial charge in [0.1, 0.15) is 5.75 Å². The van der Waals surface area contributed by atoms with Crippen LogP contribution >= 0.6 is 0 Å². The smallest absolute Gasteiger partial charge is 0.339 e. The first-order valence-corrected chi connectivity index (χ1v) is 6.11. The van der Waals surface area contributed by atoms with Crippen LogP contribution in [0.2, 0.25) is 0 Å². The lowest BCUT2D eigenvalue weighted by Gasteiger charge is -2.10. The summed E-state index contributed by atoms with van der Waals surface area (Å²) >= 11 is 0. The summed E-state index contributed by atoms with van der Waals surface area (Å²) in [6.45, 7) is 3.40. The summed E-state index contributed by atoms with van der Waals surface area (Å²) in [4.78, 5) is 23.5. The predicted octanol–water partition coefficient (Wildman–Crippen LogP) is 1.99. The van der Waals surface area contributed by atoms with Crippen molar-refractivity contribution in [2.75, 3.05) is 0 Å². The van der Waals surface area contributed by atoms with Crippen molar-refractivity contribution in [3.63, 3.8) is 0 Å². The number of pyridine rings is 1. The Balaban J connectivity index is 2.11. The maximum absolute atomic E-state index is 11.8. The van der Waals surface area contributed by atoms with Crippen molar-refractivity contribution in [1.82, 2.24) is 4.57 Å². The average Bonchev–Trinajstić information content (AvgIpc) is 2.38. The summed E-state index contributed by atoms with van der Waals surface area (Å²) in [5.74, 6) is -0.599. The molecule has 0 aliphatic carbocycles. The maximum atomic E-state index is 11.8. The number of aromatic nitrogens is 1. The van der Waals surface area contributed by atoms with E-state index in [4.69, 9.17) is 4.74 Å². The molecule has 0 unspecified atom stereocenters. The molecule has 5 heteroatoms. The van der Waals surface area contributed by atoms with E-state index < -0.39 is 11.5 Å². The van der Waals surface area contributed by atoms with Gasteiger partial charge in [-0.25, -0.2) is 4.79 Å². The predicted molar refractivity (Wildman–Crippen MR) is 73.7 cm³/mol. The summed E-state index contributed by atoms with van der Waals surface area (Å²) in [5.41, 5.74) is 1.58. The number of carbonyl (C=O) groups is 1. The summed E-state index contributed by atoms with van der Waals surface area (Å²) in [7, 11) is 0. The van der Waals surface area contributed by atoms with Crippen LogP contribution in [0.4, 0.5) is 0 Å². The van der Waals surface area contributed by atoms with Gasteiger partial charge in [0.15, 0.2) is 6.73 Å². The Bertz CT molecular complexity index is 686. The van der Waals surface area contributed by atoms with Crippen molar-refractivity contribution < 1.29 is 14.6 Å². The van der Waals surface area contributed by atoms with Crippen LogP contribution in [0.1, 0.15) is 21.6 Å². The molecule has 2 rings (SSSR count). The van der Waals surface area contributed by atoms with Crippen LogP contribution in [0.5, 0.6) is 5.75 Å². The van der Waals surface area contributed by atoms with E-state index in [-0.39, 0.29) is 12.5 Å². The van der Waals surface area contributed by atoms with Crippen molar-refractivity contribution in [3.8, 4) is 5.75 Å². The highest BCUT2D eigenvalue weighted by atomic mass is 16.5. The third kappa shape index (κ3) is 3.06. The zero-order valence-corrected chi connectivity index (χ0v) is 11.3. The molecule has 0 aliphatic heterocycles. The normalized spacial score (nSPS) is 10.3. The van der Waals surface area contributed by atoms with Crippen molar-refractivity contribution in [2.24, 2.45) is 0 Å². The Hall–Kier alpha value is -2.56.